The molecule has 0 saturated carbocycles. The van der Waals surface area contributed by atoms with E-state index in [1.54, 1.807) is 30.3 Å². The highest BCUT2D eigenvalue weighted by atomic mass is 35.5. The summed E-state index contributed by atoms with van der Waals surface area (Å²) in [4.78, 5) is 12.3. The van der Waals surface area contributed by atoms with E-state index < -0.39 is 0 Å². The number of halogens is 1. The van der Waals surface area contributed by atoms with Gasteiger partial charge in [0.25, 0.3) is 0 Å². The maximum absolute atomic E-state index is 12.3. The van der Waals surface area contributed by atoms with E-state index in [2.05, 4.69) is 54.0 Å². The first-order chi connectivity index (χ1) is 12.7. The highest BCUT2D eigenvalue weighted by Crippen LogP contribution is 2.30. The monoisotopic (exact) mass is 359 g/mol. The fraction of sp³-hybridized carbons (Fsp3) is 0.0870. The Morgan fingerprint density at radius 1 is 0.962 bits per heavy atom. The number of aromatic nitrogens is 1. The Kier molecular flexibility index (Phi) is 4.36. The molecule has 0 bridgehead atoms. The molecular weight excluding hydrogens is 342 g/mol. The van der Waals surface area contributed by atoms with Crippen molar-refractivity contribution in [1.82, 2.24) is 4.57 Å². The van der Waals surface area contributed by atoms with Gasteiger partial charge in [-0.05, 0) is 48.9 Å². The summed E-state index contributed by atoms with van der Waals surface area (Å²) in [5.74, 6) is -0.0522. The van der Waals surface area contributed by atoms with E-state index in [-0.39, 0.29) is 5.78 Å². The number of rotatable bonds is 4. The molecule has 3 aromatic carbocycles. The minimum atomic E-state index is -0.0522. The van der Waals surface area contributed by atoms with Crippen molar-refractivity contribution >= 4 is 45.3 Å². The van der Waals surface area contributed by atoms with Gasteiger partial charge < -0.3 is 4.57 Å². The topological polar surface area (TPSA) is 22.0 Å². The molecule has 4 aromatic rings. The zero-order valence-corrected chi connectivity index (χ0v) is 15.2. The molecule has 0 fully saturated rings. The van der Waals surface area contributed by atoms with Crippen LogP contribution in [0.1, 0.15) is 22.8 Å². The molecule has 2 nitrogen and oxygen atoms in total. The minimum absolute atomic E-state index is 0.0522. The predicted octanol–water partition coefficient (Wildman–Crippen LogP) is 6.36. The number of allylic oxidation sites excluding steroid dienone is 1. The van der Waals surface area contributed by atoms with Gasteiger partial charge in [-0.25, -0.2) is 0 Å². The third kappa shape index (κ3) is 2.93. The molecule has 1 aromatic heterocycles. The SMILES string of the molecule is CCn1c2ccccc2c2cc(/C=C/C(=O)c3cccc(Cl)c3)ccc21. The average molecular weight is 360 g/mol. The molecule has 0 unspecified atom stereocenters. The first-order valence-electron chi connectivity index (χ1n) is 8.66. The highest BCUT2D eigenvalue weighted by Gasteiger charge is 2.09. The van der Waals surface area contributed by atoms with E-state index in [9.17, 15) is 4.79 Å². The summed E-state index contributed by atoms with van der Waals surface area (Å²) in [5, 5.41) is 3.01. The Morgan fingerprint density at radius 3 is 2.58 bits per heavy atom. The molecule has 4 rings (SSSR count). The van der Waals surface area contributed by atoms with Crippen molar-refractivity contribution < 1.29 is 4.79 Å². The van der Waals surface area contributed by atoms with Crippen LogP contribution in [0.2, 0.25) is 5.02 Å². The molecule has 0 amide bonds. The number of carbonyl (C=O) groups is 1. The molecule has 0 aliphatic carbocycles. The van der Waals surface area contributed by atoms with E-state index in [0.717, 1.165) is 12.1 Å². The van der Waals surface area contributed by atoms with Gasteiger partial charge in [0.05, 0.1) is 0 Å². The van der Waals surface area contributed by atoms with Gasteiger partial charge in [0.15, 0.2) is 5.78 Å². The third-order valence-electron chi connectivity index (χ3n) is 4.65. The van der Waals surface area contributed by atoms with E-state index in [4.69, 9.17) is 11.6 Å². The maximum Gasteiger partial charge on any atom is 0.185 e. The summed E-state index contributed by atoms with van der Waals surface area (Å²) in [7, 11) is 0. The second kappa shape index (κ2) is 6.81. The summed E-state index contributed by atoms with van der Waals surface area (Å²) in [5.41, 5.74) is 4.05. The Labute approximate surface area is 157 Å². The van der Waals surface area contributed by atoms with Crippen molar-refractivity contribution in [3.63, 3.8) is 0 Å². The summed E-state index contributed by atoms with van der Waals surface area (Å²) < 4.78 is 2.31. The van der Waals surface area contributed by atoms with Crippen LogP contribution in [-0.2, 0) is 6.54 Å². The van der Waals surface area contributed by atoms with Crippen molar-refractivity contribution in [2.24, 2.45) is 0 Å². The summed E-state index contributed by atoms with van der Waals surface area (Å²) in [6.45, 7) is 3.08. The van der Waals surface area contributed by atoms with Crippen LogP contribution in [0.3, 0.4) is 0 Å². The van der Waals surface area contributed by atoms with Crippen LogP contribution >= 0.6 is 11.6 Å². The summed E-state index contributed by atoms with van der Waals surface area (Å²) in [6.07, 6.45) is 3.46. The number of aryl methyl sites for hydroxylation is 1. The fourth-order valence-corrected chi connectivity index (χ4v) is 3.62. The minimum Gasteiger partial charge on any atom is -0.341 e. The van der Waals surface area contributed by atoms with Gasteiger partial charge in [-0.1, -0.05) is 54.1 Å². The molecule has 0 N–H and O–H groups in total. The Bertz CT molecular complexity index is 1150. The molecule has 0 spiro atoms. The van der Waals surface area contributed by atoms with E-state index in [0.29, 0.717) is 10.6 Å². The summed E-state index contributed by atoms with van der Waals surface area (Å²) in [6, 6.07) is 21.8. The number of nitrogens with zero attached hydrogens (tertiary/aromatic N) is 1. The smallest absolute Gasteiger partial charge is 0.185 e. The molecule has 1 heterocycles. The number of para-hydroxylation sites is 1. The second-order valence-corrected chi connectivity index (χ2v) is 6.68. The maximum atomic E-state index is 12.3. The van der Waals surface area contributed by atoms with Crippen LogP contribution in [-0.4, -0.2) is 10.4 Å². The highest BCUT2D eigenvalue weighted by molar-refractivity contribution is 6.31. The first kappa shape index (κ1) is 16.6. The number of hydrogen-bond donors (Lipinski definition) is 0. The lowest BCUT2D eigenvalue weighted by Crippen LogP contribution is -1.93. The number of hydrogen-bond acceptors (Lipinski definition) is 1. The number of ketones is 1. The van der Waals surface area contributed by atoms with Crippen LogP contribution in [0.15, 0.2) is 72.8 Å². The van der Waals surface area contributed by atoms with Gasteiger partial charge >= 0.3 is 0 Å². The van der Waals surface area contributed by atoms with Gasteiger partial charge in [0, 0.05) is 38.9 Å². The van der Waals surface area contributed by atoms with Gasteiger partial charge in [0.1, 0.15) is 0 Å². The summed E-state index contributed by atoms with van der Waals surface area (Å²) >= 11 is 5.96. The lowest BCUT2D eigenvalue weighted by atomic mass is 10.1. The molecule has 0 aliphatic rings. The van der Waals surface area contributed by atoms with Crippen molar-refractivity contribution in [1.29, 1.82) is 0 Å². The quantitative estimate of drug-likeness (QED) is 0.307. The molecule has 0 aliphatic heterocycles. The normalized spacial score (nSPS) is 11.6. The van der Waals surface area contributed by atoms with Crippen molar-refractivity contribution in [3.05, 3.63) is 89.0 Å². The fourth-order valence-electron chi connectivity index (χ4n) is 3.43. The Balaban J connectivity index is 1.74. The van der Waals surface area contributed by atoms with Crippen LogP contribution in [0.25, 0.3) is 27.9 Å². The van der Waals surface area contributed by atoms with Crippen molar-refractivity contribution in [3.8, 4) is 0 Å². The zero-order chi connectivity index (χ0) is 18.1. The van der Waals surface area contributed by atoms with Crippen molar-refractivity contribution in [2.75, 3.05) is 0 Å². The van der Waals surface area contributed by atoms with Gasteiger partial charge in [0.2, 0.25) is 0 Å². The predicted molar refractivity (Wildman–Crippen MR) is 110 cm³/mol. The lowest BCUT2D eigenvalue weighted by molar-refractivity contribution is 0.104. The largest absolute Gasteiger partial charge is 0.341 e. The second-order valence-electron chi connectivity index (χ2n) is 6.25. The van der Waals surface area contributed by atoms with E-state index in [1.807, 2.05) is 6.08 Å². The van der Waals surface area contributed by atoms with E-state index in [1.165, 1.54) is 21.8 Å². The van der Waals surface area contributed by atoms with Gasteiger partial charge in [-0.3, -0.25) is 4.79 Å². The lowest BCUT2D eigenvalue weighted by Gasteiger charge is -2.02. The molecule has 0 radical (unpaired) electrons. The number of carbonyl (C=O) groups excluding carboxylic acids is 1. The number of benzene rings is 3. The average Bonchev–Trinajstić information content (AvgIpc) is 2.99. The molecule has 128 valence electrons. The van der Waals surface area contributed by atoms with Gasteiger partial charge in [-0.15, -0.1) is 0 Å². The standard InChI is InChI=1S/C23H18ClNO/c1-2-25-21-9-4-3-8-19(21)20-14-16(10-12-22(20)25)11-13-23(26)17-6-5-7-18(24)15-17/h3-15H,2H2,1H3/b13-11+. The van der Waals surface area contributed by atoms with E-state index >= 15 is 0 Å². The molecule has 0 saturated heterocycles. The third-order valence-corrected chi connectivity index (χ3v) is 4.88. The molecule has 0 atom stereocenters. The molecule has 3 heteroatoms. The Morgan fingerprint density at radius 2 is 1.77 bits per heavy atom. The van der Waals surface area contributed by atoms with Crippen LogP contribution in [0.4, 0.5) is 0 Å². The van der Waals surface area contributed by atoms with Crippen LogP contribution in [0, 0.1) is 0 Å². The van der Waals surface area contributed by atoms with Gasteiger partial charge in [-0.2, -0.15) is 0 Å². The molecule has 26 heavy (non-hydrogen) atoms. The zero-order valence-electron chi connectivity index (χ0n) is 14.4. The number of fused-ring (bicyclic) bond motifs is 3. The van der Waals surface area contributed by atoms with Crippen LogP contribution < -0.4 is 0 Å². The Hall–Kier alpha value is -2.84. The first-order valence-corrected chi connectivity index (χ1v) is 9.04. The molecular formula is C23H18ClNO. The van der Waals surface area contributed by atoms with Crippen LogP contribution in [0.5, 0.6) is 0 Å². The van der Waals surface area contributed by atoms with Crippen molar-refractivity contribution in [2.45, 2.75) is 13.5 Å².